The van der Waals surface area contributed by atoms with E-state index in [0.29, 0.717) is 66.1 Å². The van der Waals surface area contributed by atoms with Gasteiger partial charge in [0.2, 0.25) is 47.3 Å². The quantitative estimate of drug-likeness (QED) is 0.0199. The summed E-state index contributed by atoms with van der Waals surface area (Å²) in [6.45, 7) is 3.27. The van der Waals surface area contributed by atoms with Crippen molar-refractivity contribution in [2.24, 2.45) is 0 Å². The number of carbonyl (C=O) groups is 8. The molecule has 18 atom stereocenters. The number of carbonyl (C=O) groups excluding carboxylic acids is 8. The average Bonchev–Trinajstić information content (AvgIpc) is 0.820. The van der Waals surface area contributed by atoms with Crippen molar-refractivity contribution in [3.8, 4) is 0 Å². The fourth-order valence-electron chi connectivity index (χ4n) is 10.6. The molecule has 0 aromatic heterocycles. The van der Waals surface area contributed by atoms with Gasteiger partial charge >= 0.3 is 0 Å². The second-order valence-electron chi connectivity index (χ2n) is 25.3. The lowest BCUT2D eigenvalue weighted by Crippen LogP contribution is -2.64. The fourth-order valence-corrected chi connectivity index (χ4v) is 11.2. The molecule has 18 unspecified atom stereocenters. The van der Waals surface area contributed by atoms with E-state index in [0.717, 1.165) is 0 Å². The number of amides is 8. The van der Waals surface area contributed by atoms with Gasteiger partial charge in [0, 0.05) is 59.7 Å². The molecule has 3 aliphatic rings. The van der Waals surface area contributed by atoms with E-state index in [9.17, 15) is 89.2 Å². The maximum atomic E-state index is 13.8. The molecule has 0 aromatic rings. The van der Waals surface area contributed by atoms with Crippen LogP contribution in [0.1, 0.15) is 52.9 Å². The first kappa shape index (κ1) is 101. The van der Waals surface area contributed by atoms with Crippen LogP contribution in [-0.2, 0) is 135 Å². The SMILES string of the molecule is CC(=O)NC1C(OCCOCCNC(=O)CCC(NC(=O)CCC(NC(=O)CCOCCOCCOCCOCCOCCOCCOCCOCCOP(C)([O-])=S)C(=O)NCCOCCOC2OC(CO)C(O)C(O)C2NC(C)=O)C(=O)NCCOCCOC2OC(CO)C(O)C(O)C2NC(C)=O)OC(CO)C(O)C1O. The minimum absolute atomic E-state index is 0.0359. The van der Waals surface area contributed by atoms with Crippen LogP contribution in [0.2, 0.25) is 0 Å². The molecule has 46 heteroatoms. The molecular weight excluding hydrogens is 1540 g/mol. The van der Waals surface area contributed by atoms with E-state index in [2.05, 4.69) is 54.3 Å². The average molecular weight is 1660 g/mol. The molecule has 17 N–H and O–H groups in total. The number of ether oxygens (including phenoxy) is 17. The Balaban J connectivity index is 1.53. The van der Waals surface area contributed by atoms with E-state index in [1.165, 1.54) is 27.4 Å². The Kier molecular flexibility index (Phi) is 55.0. The van der Waals surface area contributed by atoms with Gasteiger partial charge in [-0.1, -0.05) is 11.8 Å². The predicted molar refractivity (Wildman–Crippen MR) is 385 cm³/mol. The molecule has 3 heterocycles. The number of aliphatic hydroxyl groups is 9. The summed E-state index contributed by atoms with van der Waals surface area (Å²) < 4.78 is 99.1. The molecule has 0 saturated carbocycles. The minimum Gasteiger partial charge on any atom is -0.801 e. The Morgan fingerprint density at radius 1 is 0.366 bits per heavy atom. The highest BCUT2D eigenvalue weighted by Crippen LogP contribution is 2.31. The third kappa shape index (κ3) is 44.6. The lowest BCUT2D eigenvalue weighted by atomic mass is 9.97. The van der Waals surface area contributed by atoms with Crippen molar-refractivity contribution in [3.05, 3.63) is 0 Å². The summed E-state index contributed by atoms with van der Waals surface area (Å²) in [7, 11) is 0. The smallest absolute Gasteiger partial charge is 0.242 e. The topological polar surface area (TPSA) is 604 Å². The summed E-state index contributed by atoms with van der Waals surface area (Å²) in [5.41, 5.74) is 0. The number of nitrogens with one attached hydrogen (secondary N) is 8. The summed E-state index contributed by atoms with van der Waals surface area (Å²) in [6.07, 6.45) is -18.3. The zero-order valence-corrected chi connectivity index (χ0v) is 65.6. The Labute approximate surface area is 654 Å². The zero-order chi connectivity index (χ0) is 82.5. The summed E-state index contributed by atoms with van der Waals surface area (Å²) in [5, 5.41) is 112. The Bertz CT molecular complexity index is 2660. The van der Waals surface area contributed by atoms with Gasteiger partial charge < -0.3 is 178 Å². The van der Waals surface area contributed by atoms with Crippen LogP contribution in [0.5, 0.6) is 0 Å². The van der Waals surface area contributed by atoms with Crippen LogP contribution in [0.15, 0.2) is 0 Å². The van der Waals surface area contributed by atoms with E-state index < -0.39 is 184 Å². The summed E-state index contributed by atoms with van der Waals surface area (Å²) in [4.78, 5) is 115. The predicted octanol–water partition coefficient (Wildman–Crippen LogP) is -10.4. The van der Waals surface area contributed by atoms with Gasteiger partial charge in [-0.3, -0.25) is 38.4 Å². The lowest BCUT2D eigenvalue weighted by molar-refractivity contribution is -0.272. The first-order valence-electron chi connectivity index (χ1n) is 36.9. The number of rotatable bonds is 65. The largest absolute Gasteiger partial charge is 0.801 e. The molecule has 0 aromatic carbocycles. The zero-order valence-electron chi connectivity index (χ0n) is 63.9. The van der Waals surface area contributed by atoms with Crippen LogP contribution < -0.4 is 47.4 Å². The van der Waals surface area contributed by atoms with Crippen molar-refractivity contribution in [1.29, 1.82) is 0 Å². The van der Waals surface area contributed by atoms with Crippen LogP contribution in [-0.4, -0.2) is 415 Å². The molecule has 3 aliphatic heterocycles. The molecule has 0 aliphatic carbocycles. The molecule has 3 rings (SSSR count). The van der Waals surface area contributed by atoms with Crippen LogP contribution in [0.4, 0.5) is 0 Å². The standard InChI is InChI=1S/C66H121N8O36PS/c1-42(78)70-53-59(87)56(84)47(39-75)108-64(53)104-35-31-94-14-10-67-50(81)7-5-45(62(90)68-11-15-95-32-36-105-65-54(71-43(2)79)60(88)57(85)48(40-76)109-65)73-51(82)8-6-46(63(91)69-12-16-96-33-37-106-66-55(72-44(3)80)61(89)58(86)49(41-77)110-66)74-52(83)9-13-93-17-18-97-19-20-98-21-22-99-23-24-100-25-26-101-27-28-102-29-30-103-34-38-107-111(4,92)112/h45-49,53-61,64-66,75-77,84-89H,5-41H2,1-4H3,(H,67,81)(H,68,90)(H,69,91)(H,70,78)(H,71,79)(H,72,80)(H,73,82)(H,74,83)(H,92,112)/p-1. The van der Waals surface area contributed by atoms with Crippen molar-refractivity contribution in [2.75, 3.05) is 218 Å². The van der Waals surface area contributed by atoms with Gasteiger partial charge in [0.25, 0.3) is 0 Å². The minimum atomic E-state index is -2.93. The molecule has 8 amide bonds. The van der Waals surface area contributed by atoms with Gasteiger partial charge in [0.1, 0.15) is 85.1 Å². The van der Waals surface area contributed by atoms with Gasteiger partial charge in [0.15, 0.2) is 18.9 Å². The number of aliphatic hydroxyl groups excluding tert-OH is 9. The number of hydrogen-bond acceptors (Lipinski definition) is 37. The van der Waals surface area contributed by atoms with Gasteiger partial charge in [-0.25, -0.2) is 0 Å². The van der Waals surface area contributed by atoms with Gasteiger partial charge in [0.05, 0.1) is 192 Å². The van der Waals surface area contributed by atoms with Gasteiger partial charge in [-0.2, -0.15) is 0 Å². The highest BCUT2D eigenvalue weighted by atomic mass is 32.5. The lowest BCUT2D eigenvalue weighted by Gasteiger charge is -2.42. The molecule has 112 heavy (non-hydrogen) atoms. The molecule has 3 saturated heterocycles. The van der Waals surface area contributed by atoms with E-state index in [1.54, 1.807) is 0 Å². The molecule has 3 fully saturated rings. The van der Waals surface area contributed by atoms with Crippen LogP contribution in [0, 0.1) is 0 Å². The van der Waals surface area contributed by atoms with Crippen LogP contribution >= 0.6 is 6.49 Å². The summed E-state index contributed by atoms with van der Waals surface area (Å²) >= 11 is 4.68. The number of hydrogen-bond donors (Lipinski definition) is 17. The highest BCUT2D eigenvalue weighted by Gasteiger charge is 2.48. The Hall–Kier alpha value is -4.71. The summed E-state index contributed by atoms with van der Waals surface area (Å²) in [5.74, 6) is -5.13. The maximum absolute atomic E-state index is 13.8. The fraction of sp³-hybridized carbons (Fsp3) is 0.879. The third-order valence-electron chi connectivity index (χ3n) is 16.2. The van der Waals surface area contributed by atoms with Crippen molar-refractivity contribution >= 4 is 65.6 Å². The third-order valence-corrected chi connectivity index (χ3v) is 17.2. The molecular formula is C66H120N8O36PS-. The van der Waals surface area contributed by atoms with Gasteiger partial charge in [-0.05, 0) is 26.0 Å². The van der Waals surface area contributed by atoms with E-state index in [-0.39, 0.29) is 151 Å². The first-order valence-corrected chi connectivity index (χ1v) is 40.0. The van der Waals surface area contributed by atoms with E-state index in [4.69, 9.17) is 85.1 Å². The molecule has 0 radical (unpaired) electrons. The molecule has 0 spiro atoms. The first-order chi connectivity index (χ1) is 53.7. The van der Waals surface area contributed by atoms with E-state index >= 15 is 0 Å². The Morgan fingerprint density at radius 3 is 0.920 bits per heavy atom. The maximum Gasteiger partial charge on any atom is 0.242 e. The van der Waals surface area contributed by atoms with Crippen molar-refractivity contribution in [2.45, 2.75) is 157 Å². The monoisotopic (exact) mass is 1660 g/mol. The second-order valence-corrected chi connectivity index (χ2v) is 29.0. The molecule has 652 valence electrons. The molecule has 0 bridgehead atoms. The van der Waals surface area contributed by atoms with Crippen molar-refractivity contribution in [1.82, 2.24) is 42.5 Å². The highest BCUT2D eigenvalue weighted by molar-refractivity contribution is 8.08. The van der Waals surface area contributed by atoms with Crippen LogP contribution in [0.3, 0.4) is 0 Å². The molecule has 44 nitrogen and oxygen atoms in total. The van der Waals surface area contributed by atoms with Crippen molar-refractivity contribution in [3.63, 3.8) is 0 Å². The normalized spacial score (nSPS) is 24.9. The second kappa shape index (κ2) is 60.7. The van der Waals surface area contributed by atoms with Gasteiger partial charge in [-0.15, -0.1) is 0 Å². The van der Waals surface area contributed by atoms with Crippen molar-refractivity contribution < 1.29 is 174 Å². The summed E-state index contributed by atoms with van der Waals surface area (Å²) in [6, 6.07) is -6.30. The Morgan fingerprint density at radius 2 is 0.625 bits per heavy atom. The van der Waals surface area contributed by atoms with Crippen LogP contribution in [0.25, 0.3) is 0 Å². The van der Waals surface area contributed by atoms with E-state index in [1.807, 2.05) is 0 Å².